The fourth-order valence-electron chi connectivity index (χ4n) is 2.61. The van der Waals surface area contributed by atoms with Crippen LogP contribution in [0.3, 0.4) is 0 Å². The lowest BCUT2D eigenvalue weighted by atomic mass is 10.2. The molecular formula is C16H11N5. The number of para-hydroxylation sites is 1. The van der Waals surface area contributed by atoms with Crippen LogP contribution < -0.4 is 0 Å². The molecule has 2 aromatic heterocycles. The lowest BCUT2D eigenvalue weighted by Crippen LogP contribution is -1.93. The van der Waals surface area contributed by atoms with E-state index in [1.165, 1.54) is 0 Å². The molecule has 1 N–H and O–H groups in total. The molecular weight excluding hydrogens is 262 g/mol. The number of nitrogens with zero attached hydrogens (tertiary/aromatic N) is 4. The van der Waals surface area contributed by atoms with Crippen molar-refractivity contribution in [2.75, 3.05) is 0 Å². The highest BCUT2D eigenvalue weighted by Gasteiger charge is 2.15. The Balaban J connectivity index is 2.03. The van der Waals surface area contributed by atoms with Crippen LogP contribution in [0.1, 0.15) is 5.56 Å². The van der Waals surface area contributed by atoms with Gasteiger partial charge in [-0.1, -0.05) is 18.2 Å². The number of aromatic nitrogens is 4. The quantitative estimate of drug-likeness (QED) is 0.579. The molecule has 2 aromatic carbocycles. The van der Waals surface area contributed by atoms with Crippen LogP contribution in [0.5, 0.6) is 0 Å². The van der Waals surface area contributed by atoms with Crippen LogP contribution >= 0.6 is 0 Å². The van der Waals surface area contributed by atoms with Gasteiger partial charge in [0.1, 0.15) is 5.69 Å². The first-order chi connectivity index (χ1) is 10.3. The van der Waals surface area contributed by atoms with Gasteiger partial charge >= 0.3 is 0 Å². The average molecular weight is 273 g/mol. The summed E-state index contributed by atoms with van der Waals surface area (Å²) in [6, 6.07) is 15.6. The molecule has 0 aliphatic carbocycles. The molecule has 0 aliphatic heterocycles. The molecule has 0 spiro atoms. The van der Waals surface area contributed by atoms with Crippen LogP contribution in [-0.4, -0.2) is 19.7 Å². The van der Waals surface area contributed by atoms with Gasteiger partial charge in [-0.15, -0.1) is 0 Å². The van der Waals surface area contributed by atoms with Gasteiger partial charge in [0.05, 0.1) is 28.2 Å². The minimum Gasteiger partial charge on any atom is -0.326 e. The van der Waals surface area contributed by atoms with Gasteiger partial charge in [-0.05, 0) is 24.3 Å². The normalized spacial score (nSPS) is 11.0. The minimum atomic E-state index is 0.629. The number of fused-ring (bicyclic) bond motifs is 2. The topological polar surface area (TPSA) is 70.3 Å². The molecule has 100 valence electrons. The molecule has 0 saturated carbocycles. The minimum absolute atomic E-state index is 0.629. The highest BCUT2D eigenvalue weighted by molar-refractivity contribution is 5.93. The van der Waals surface area contributed by atoms with Gasteiger partial charge < -0.3 is 4.57 Å². The SMILES string of the molecule is Cn1c(-c2n[nH]c3ccccc23)nc2ccc(C#N)cc21. The molecule has 5 nitrogen and oxygen atoms in total. The molecule has 0 fully saturated rings. The van der Waals surface area contributed by atoms with Gasteiger partial charge in [-0.25, -0.2) is 4.98 Å². The van der Waals surface area contributed by atoms with E-state index in [1.807, 2.05) is 48.0 Å². The van der Waals surface area contributed by atoms with Crippen LogP contribution in [0.15, 0.2) is 42.5 Å². The molecule has 4 rings (SSSR count). The number of benzene rings is 2. The summed E-state index contributed by atoms with van der Waals surface area (Å²) in [7, 11) is 1.94. The Bertz CT molecular complexity index is 1020. The molecule has 0 amide bonds. The smallest absolute Gasteiger partial charge is 0.162 e. The predicted molar refractivity (Wildman–Crippen MR) is 80.5 cm³/mol. The molecule has 0 unspecified atom stereocenters. The third-order valence-corrected chi connectivity index (χ3v) is 3.69. The van der Waals surface area contributed by atoms with Gasteiger partial charge in [-0.2, -0.15) is 10.4 Å². The zero-order valence-corrected chi connectivity index (χ0v) is 11.3. The van der Waals surface area contributed by atoms with Gasteiger partial charge in [0.25, 0.3) is 0 Å². The number of rotatable bonds is 1. The molecule has 5 heteroatoms. The van der Waals surface area contributed by atoms with E-state index < -0.39 is 0 Å². The molecule has 0 aliphatic rings. The van der Waals surface area contributed by atoms with Crippen molar-refractivity contribution in [3.8, 4) is 17.6 Å². The van der Waals surface area contributed by atoms with Gasteiger partial charge in [-0.3, -0.25) is 5.10 Å². The Morgan fingerprint density at radius 2 is 2.05 bits per heavy atom. The maximum atomic E-state index is 9.02. The third kappa shape index (κ3) is 1.63. The van der Waals surface area contributed by atoms with E-state index >= 15 is 0 Å². The van der Waals surface area contributed by atoms with Crippen molar-refractivity contribution < 1.29 is 0 Å². The molecule has 21 heavy (non-hydrogen) atoms. The number of H-pyrrole nitrogens is 1. The summed E-state index contributed by atoms with van der Waals surface area (Å²) in [4.78, 5) is 4.65. The van der Waals surface area contributed by atoms with E-state index in [0.717, 1.165) is 33.5 Å². The van der Waals surface area contributed by atoms with E-state index in [4.69, 9.17) is 5.26 Å². The molecule has 0 saturated heterocycles. The van der Waals surface area contributed by atoms with E-state index in [9.17, 15) is 0 Å². The summed E-state index contributed by atoms with van der Waals surface area (Å²) >= 11 is 0. The number of nitriles is 1. The van der Waals surface area contributed by atoms with Gasteiger partial charge in [0.2, 0.25) is 0 Å². The summed E-state index contributed by atoms with van der Waals surface area (Å²) in [5, 5.41) is 17.5. The first-order valence-corrected chi connectivity index (χ1v) is 6.58. The zero-order chi connectivity index (χ0) is 14.4. The Hall–Kier alpha value is -3.13. The maximum Gasteiger partial charge on any atom is 0.162 e. The van der Waals surface area contributed by atoms with Crippen molar-refractivity contribution in [1.82, 2.24) is 19.7 Å². The molecule has 2 heterocycles. The second-order valence-corrected chi connectivity index (χ2v) is 4.93. The summed E-state index contributed by atoms with van der Waals surface area (Å²) in [6.07, 6.45) is 0. The van der Waals surface area contributed by atoms with E-state index in [2.05, 4.69) is 21.3 Å². The second-order valence-electron chi connectivity index (χ2n) is 4.93. The number of aryl methyl sites for hydroxylation is 1. The average Bonchev–Trinajstić information content (AvgIpc) is 3.08. The van der Waals surface area contributed by atoms with Crippen molar-refractivity contribution in [1.29, 1.82) is 5.26 Å². The van der Waals surface area contributed by atoms with Gasteiger partial charge in [0, 0.05) is 12.4 Å². The predicted octanol–water partition coefficient (Wildman–Crippen LogP) is 2.99. The largest absolute Gasteiger partial charge is 0.326 e. The summed E-state index contributed by atoms with van der Waals surface area (Å²) in [5.41, 5.74) is 4.22. The first-order valence-electron chi connectivity index (χ1n) is 6.58. The van der Waals surface area contributed by atoms with Crippen molar-refractivity contribution >= 4 is 21.9 Å². The monoisotopic (exact) mass is 273 g/mol. The number of aromatic amines is 1. The Morgan fingerprint density at radius 1 is 1.19 bits per heavy atom. The van der Waals surface area contributed by atoms with Crippen LogP contribution in [0.4, 0.5) is 0 Å². The third-order valence-electron chi connectivity index (χ3n) is 3.69. The van der Waals surface area contributed by atoms with Gasteiger partial charge in [0.15, 0.2) is 5.82 Å². The fraction of sp³-hybridized carbons (Fsp3) is 0.0625. The summed E-state index contributed by atoms with van der Waals surface area (Å²) in [5.74, 6) is 0.789. The number of hydrogen-bond acceptors (Lipinski definition) is 3. The first kappa shape index (κ1) is 11.7. The van der Waals surface area contributed by atoms with E-state index in [0.29, 0.717) is 5.56 Å². The summed E-state index contributed by atoms with van der Waals surface area (Å²) < 4.78 is 1.97. The Kier molecular flexibility index (Phi) is 2.33. The molecule has 0 radical (unpaired) electrons. The lowest BCUT2D eigenvalue weighted by molar-refractivity contribution is 0.946. The lowest BCUT2D eigenvalue weighted by Gasteiger charge is -1.99. The molecule has 4 aromatic rings. The molecule has 0 atom stereocenters. The van der Waals surface area contributed by atoms with Crippen molar-refractivity contribution in [3.05, 3.63) is 48.0 Å². The Morgan fingerprint density at radius 3 is 2.90 bits per heavy atom. The fourth-order valence-corrected chi connectivity index (χ4v) is 2.61. The zero-order valence-electron chi connectivity index (χ0n) is 11.3. The van der Waals surface area contributed by atoms with Crippen LogP contribution in [0.2, 0.25) is 0 Å². The highest BCUT2D eigenvalue weighted by Crippen LogP contribution is 2.28. The number of nitrogens with one attached hydrogen (secondary N) is 1. The highest BCUT2D eigenvalue weighted by atomic mass is 15.2. The number of hydrogen-bond donors (Lipinski definition) is 1. The number of imidazole rings is 1. The van der Waals surface area contributed by atoms with E-state index in [1.54, 1.807) is 6.07 Å². The van der Waals surface area contributed by atoms with Crippen molar-refractivity contribution in [3.63, 3.8) is 0 Å². The van der Waals surface area contributed by atoms with E-state index in [-0.39, 0.29) is 0 Å². The van der Waals surface area contributed by atoms with Crippen LogP contribution in [0, 0.1) is 11.3 Å². The standard InChI is InChI=1S/C16H11N5/c1-21-14-8-10(9-17)6-7-13(14)18-16(21)15-11-4-2-3-5-12(11)19-20-15/h2-8H,1H3,(H,19,20). The molecule has 0 bridgehead atoms. The van der Waals surface area contributed by atoms with Crippen LogP contribution in [0.25, 0.3) is 33.5 Å². The maximum absolute atomic E-state index is 9.02. The second kappa shape index (κ2) is 4.18. The van der Waals surface area contributed by atoms with Crippen LogP contribution in [-0.2, 0) is 7.05 Å². The Labute approximate surface area is 120 Å². The van der Waals surface area contributed by atoms with Crippen molar-refractivity contribution in [2.24, 2.45) is 7.05 Å². The summed E-state index contributed by atoms with van der Waals surface area (Å²) in [6.45, 7) is 0. The van der Waals surface area contributed by atoms with Crippen molar-refractivity contribution in [2.45, 2.75) is 0 Å².